The maximum absolute atomic E-state index is 5.84. The third-order valence-corrected chi connectivity index (χ3v) is 3.31. The molecule has 0 spiro atoms. The molecule has 2 rings (SSSR count). The molecule has 0 amide bonds. The minimum atomic E-state index is 0.609. The molecule has 1 heterocycles. The zero-order valence-corrected chi connectivity index (χ0v) is 10.3. The van der Waals surface area contributed by atoms with Crippen molar-refractivity contribution in [3.05, 3.63) is 29.3 Å². The molecule has 2 N–H and O–H groups in total. The van der Waals surface area contributed by atoms with Gasteiger partial charge in [0.2, 0.25) is 0 Å². The fraction of sp³-hybridized carbons (Fsp3) is 0.538. The highest BCUT2D eigenvalue weighted by molar-refractivity contribution is 6.30. The van der Waals surface area contributed by atoms with Gasteiger partial charge < -0.3 is 10.6 Å². The first-order chi connectivity index (χ1) is 7.84. The van der Waals surface area contributed by atoms with Crippen molar-refractivity contribution in [3.63, 3.8) is 0 Å². The summed E-state index contributed by atoms with van der Waals surface area (Å²) in [5, 5.41) is 7.81. The van der Waals surface area contributed by atoms with E-state index in [4.69, 9.17) is 11.6 Å². The van der Waals surface area contributed by atoms with Crippen LogP contribution in [-0.4, -0.2) is 19.1 Å². The molecule has 1 atom stereocenters. The van der Waals surface area contributed by atoms with Gasteiger partial charge in [-0.15, -0.1) is 0 Å². The van der Waals surface area contributed by atoms with Crippen molar-refractivity contribution in [2.45, 2.75) is 31.7 Å². The maximum atomic E-state index is 5.84. The molecule has 2 nitrogen and oxygen atoms in total. The summed E-state index contributed by atoms with van der Waals surface area (Å²) in [5.74, 6) is 0. The Balaban J connectivity index is 1.79. The lowest BCUT2D eigenvalue weighted by Crippen LogP contribution is -2.34. The topological polar surface area (TPSA) is 24.1 Å². The van der Waals surface area contributed by atoms with Crippen molar-refractivity contribution in [2.75, 3.05) is 18.4 Å². The van der Waals surface area contributed by atoms with Crippen molar-refractivity contribution in [1.29, 1.82) is 0 Å². The van der Waals surface area contributed by atoms with Crippen molar-refractivity contribution >= 4 is 17.3 Å². The molecule has 0 aliphatic carbocycles. The van der Waals surface area contributed by atoms with E-state index in [1.165, 1.54) is 25.7 Å². The zero-order valence-electron chi connectivity index (χ0n) is 9.51. The Labute approximate surface area is 102 Å². The van der Waals surface area contributed by atoms with Crippen LogP contribution in [0.4, 0.5) is 5.69 Å². The largest absolute Gasteiger partial charge is 0.383 e. The molecule has 16 heavy (non-hydrogen) atoms. The first-order valence-electron chi connectivity index (χ1n) is 6.07. The molecular formula is C13H19ClN2. The van der Waals surface area contributed by atoms with Crippen LogP contribution in [0.15, 0.2) is 24.3 Å². The lowest BCUT2D eigenvalue weighted by atomic mass is 10.1. The van der Waals surface area contributed by atoms with E-state index in [2.05, 4.69) is 10.6 Å². The molecule has 1 saturated heterocycles. The molecular weight excluding hydrogens is 220 g/mol. The summed E-state index contributed by atoms with van der Waals surface area (Å²) < 4.78 is 0. The normalized spacial score (nSPS) is 21.4. The number of nitrogens with one attached hydrogen (secondary N) is 2. The van der Waals surface area contributed by atoms with Crippen LogP contribution < -0.4 is 10.6 Å². The Kier molecular flexibility index (Phi) is 4.49. The van der Waals surface area contributed by atoms with Gasteiger partial charge >= 0.3 is 0 Å². The molecule has 0 bridgehead atoms. The summed E-state index contributed by atoms with van der Waals surface area (Å²) in [5.41, 5.74) is 1.15. The van der Waals surface area contributed by atoms with Gasteiger partial charge in [-0.3, -0.25) is 0 Å². The van der Waals surface area contributed by atoms with E-state index in [1.807, 2.05) is 24.3 Å². The third kappa shape index (κ3) is 3.69. The lowest BCUT2D eigenvalue weighted by Gasteiger charge is -2.17. The molecule has 1 aliphatic heterocycles. The lowest BCUT2D eigenvalue weighted by molar-refractivity contribution is 0.530. The van der Waals surface area contributed by atoms with Crippen LogP contribution in [0.5, 0.6) is 0 Å². The van der Waals surface area contributed by atoms with Crippen molar-refractivity contribution in [3.8, 4) is 0 Å². The summed E-state index contributed by atoms with van der Waals surface area (Å²) in [6.07, 6.45) is 5.31. The number of hydrogen-bond acceptors (Lipinski definition) is 2. The summed E-state index contributed by atoms with van der Waals surface area (Å²) in [7, 11) is 0. The summed E-state index contributed by atoms with van der Waals surface area (Å²) in [6, 6.07) is 8.51. The van der Waals surface area contributed by atoms with Crippen LogP contribution in [0.25, 0.3) is 0 Å². The second kappa shape index (κ2) is 6.12. The van der Waals surface area contributed by atoms with E-state index >= 15 is 0 Å². The summed E-state index contributed by atoms with van der Waals surface area (Å²) >= 11 is 5.84. The second-order valence-electron chi connectivity index (χ2n) is 4.39. The first kappa shape index (κ1) is 11.7. The molecule has 1 aromatic carbocycles. The minimum Gasteiger partial charge on any atom is -0.383 e. The quantitative estimate of drug-likeness (QED) is 0.845. The smallest absolute Gasteiger partial charge is 0.0407 e. The Morgan fingerprint density at radius 2 is 2.00 bits per heavy atom. The van der Waals surface area contributed by atoms with E-state index in [0.29, 0.717) is 6.04 Å². The van der Waals surface area contributed by atoms with Crippen LogP contribution >= 0.6 is 11.6 Å². The van der Waals surface area contributed by atoms with Gasteiger partial charge in [0.1, 0.15) is 0 Å². The fourth-order valence-corrected chi connectivity index (χ4v) is 2.21. The van der Waals surface area contributed by atoms with E-state index < -0.39 is 0 Å². The molecule has 1 fully saturated rings. The number of halogens is 1. The van der Waals surface area contributed by atoms with Crippen LogP contribution in [0, 0.1) is 0 Å². The predicted octanol–water partition coefficient (Wildman–Crippen LogP) is 3.28. The zero-order chi connectivity index (χ0) is 11.2. The van der Waals surface area contributed by atoms with Crippen LogP contribution in [-0.2, 0) is 0 Å². The predicted molar refractivity (Wildman–Crippen MR) is 70.2 cm³/mol. The van der Waals surface area contributed by atoms with E-state index in [9.17, 15) is 0 Å². The van der Waals surface area contributed by atoms with Gasteiger partial charge in [0, 0.05) is 23.3 Å². The number of rotatable bonds is 3. The molecule has 0 aromatic heterocycles. The molecule has 88 valence electrons. The maximum Gasteiger partial charge on any atom is 0.0407 e. The summed E-state index contributed by atoms with van der Waals surface area (Å²) in [4.78, 5) is 0. The second-order valence-corrected chi connectivity index (χ2v) is 4.82. The van der Waals surface area contributed by atoms with Gasteiger partial charge in [0.25, 0.3) is 0 Å². The van der Waals surface area contributed by atoms with Crippen molar-refractivity contribution < 1.29 is 0 Å². The number of benzene rings is 1. The van der Waals surface area contributed by atoms with Crippen molar-refractivity contribution in [2.24, 2.45) is 0 Å². The van der Waals surface area contributed by atoms with Gasteiger partial charge in [-0.2, -0.15) is 0 Å². The number of hydrogen-bond donors (Lipinski definition) is 2. The van der Waals surface area contributed by atoms with Crippen molar-refractivity contribution in [1.82, 2.24) is 5.32 Å². The van der Waals surface area contributed by atoms with Gasteiger partial charge in [0.05, 0.1) is 0 Å². The molecule has 1 aliphatic rings. The van der Waals surface area contributed by atoms with E-state index in [0.717, 1.165) is 23.8 Å². The van der Waals surface area contributed by atoms with E-state index in [1.54, 1.807) is 0 Å². The Bertz CT molecular complexity index is 302. The van der Waals surface area contributed by atoms with Gasteiger partial charge in [-0.05, 0) is 43.7 Å². The first-order valence-corrected chi connectivity index (χ1v) is 6.45. The highest BCUT2D eigenvalue weighted by Crippen LogP contribution is 2.14. The fourth-order valence-electron chi connectivity index (χ4n) is 2.08. The third-order valence-electron chi connectivity index (χ3n) is 3.06. The van der Waals surface area contributed by atoms with Gasteiger partial charge in [-0.1, -0.05) is 24.4 Å². The van der Waals surface area contributed by atoms with Gasteiger partial charge in [-0.25, -0.2) is 0 Å². The highest BCUT2D eigenvalue weighted by Gasteiger charge is 2.10. The SMILES string of the molecule is Clc1ccc(NCC2CCCCCN2)cc1. The monoisotopic (exact) mass is 238 g/mol. The molecule has 0 saturated carbocycles. The number of anilines is 1. The average molecular weight is 239 g/mol. The molecule has 1 aromatic rings. The minimum absolute atomic E-state index is 0.609. The standard InChI is InChI=1S/C13H19ClN2/c14-11-5-7-12(8-6-11)16-10-13-4-2-1-3-9-15-13/h5-8,13,15-16H,1-4,9-10H2. The van der Waals surface area contributed by atoms with Crippen LogP contribution in [0.3, 0.4) is 0 Å². The Hall–Kier alpha value is -0.730. The summed E-state index contributed by atoms with van der Waals surface area (Å²) in [6.45, 7) is 2.16. The molecule has 1 unspecified atom stereocenters. The highest BCUT2D eigenvalue weighted by atomic mass is 35.5. The Morgan fingerprint density at radius 1 is 1.19 bits per heavy atom. The average Bonchev–Trinajstić information content (AvgIpc) is 2.57. The molecule has 3 heteroatoms. The van der Waals surface area contributed by atoms with Crippen LogP contribution in [0.1, 0.15) is 25.7 Å². The van der Waals surface area contributed by atoms with Gasteiger partial charge in [0.15, 0.2) is 0 Å². The van der Waals surface area contributed by atoms with E-state index in [-0.39, 0.29) is 0 Å². The Morgan fingerprint density at radius 3 is 2.81 bits per heavy atom. The molecule has 0 radical (unpaired) electrons. The van der Waals surface area contributed by atoms with Crippen LogP contribution in [0.2, 0.25) is 5.02 Å².